The fourth-order valence-electron chi connectivity index (χ4n) is 12.2. The third-order valence-electron chi connectivity index (χ3n) is 14.1. The maximum absolute atomic E-state index is 12.9. The predicted octanol–water partition coefficient (Wildman–Crippen LogP) is 7.78. The van der Waals surface area contributed by atoms with Gasteiger partial charge in [0.05, 0.1) is 16.8 Å². The summed E-state index contributed by atoms with van der Waals surface area (Å²) in [5, 5.41) is 15.6. The van der Waals surface area contributed by atoms with Gasteiger partial charge in [0.2, 0.25) is 0 Å². The van der Waals surface area contributed by atoms with Crippen molar-refractivity contribution >= 4 is 29.2 Å². The molecule has 2 N–H and O–H groups in total. The summed E-state index contributed by atoms with van der Waals surface area (Å²) in [4.78, 5) is 18.2. The number of allylic oxidation sites excluding steroid dienone is 1. The predicted molar refractivity (Wildman–Crippen MR) is 170 cm³/mol. The van der Waals surface area contributed by atoms with Gasteiger partial charge < -0.3 is 5.11 Å². The Morgan fingerprint density at radius 2 is 1.83 bits per heavy atom. The second kappa shape index (κ2) is 9.63. The van der Waals surface area contributed by atoms with Crippen molar-refractivity contribution in [1.82, 2.24) is 5.43 Å². The molecule has 5 unspecified atom stereocenters. The molecule has 6 rings (SSSR count). The minimum absolute atomic E-state index is 0.0422. The van der Waals surface area contributed by atoms with E-state index in [9.17, 15) is 9.90 Å². The highest BCUT2D eigenvalue weighted by molar-refractivity contribution is 7.99. The summed E-state index contributed by atoms with van der Waals surface area (Å²) < 4.78 is 0. The van der Waals surface area contributed by atoms with Gasteiger partial charge in [-0.15, -0.1) is 24.1 Å². The van der Waals surface area contributed by atoms with E-state index in [4.69, 9.17) is 16.5 Å². The zero-order chi connectivity index (χ0) is 29.6. The second-order valence-electron chi connectivity index (χ2n) is 15.9. The zero-order valence-corrected chi connectivity index (χ0v) is 27.0. The molecule has 6 heteroatoms. The number of hydrazone groups is 1. The minimum Gasteiger partial charge on any atom is -0.481 e. The molecule has 0 saturated heterocycles. The SMILES string of the molecule is C#CCCSC1N=C2C(=NN1)C[C@@]1(C)C(CC[C@]3(C)C1CCC1C4[C@H](C(=C)C)CC[C@]4(C(=O)O)CC[C@]13C)C2(C)C. The topological polar surface area (TPSA) is 74.0 Å². The number of hydrogen-bond donors (Lipinski definition) is 2. The molecule has 0 radical (unpaired) electrons. The maximum atomic E-state index is 12.9. The maximum Gasteiger partial charge on any atom is 0.309 e. The zero-order valence-electron chi connectivity index (χ0n) is 26.2. The number of carbonyl (C=O) groups is 1. The summed E-state index contributed by atoms with van der Waals surface area (Å²) in [6.07, 6.45) is 15.6. The van der Waals surface area contributed by atoms with Crippen molar-refractivity contribution in [2.24, 2.45) is 66.8 Å². The number of carboxylic acid groups (broad SMARTS) is 1. The molecule has 0 spiro atoms. The number of aliphatic carboxylic acids is 1. The lowest BCUT2D eigenvalue weighted by Crippen LogP contribution is -2.68. The van der Waals surface area contributed by atoms with Crippen molar-refractivity contribution < 1.29 is 9.90 Å². The van der Waals surface area contributed by atoms with E-state index in [1.165, 1.54) is 30.5 Å². The Hall–Kier alpha value is -1.74. The largest absolute Gasteiger partial charge is 0.481 e. The van der Waals surface area contributed by atoms with Gasteiger partial charge in [-0.25, -0.2) is 0 Å². The van der Waals surface area contributed by atoms with E-state index < -0.39 is 11.4 Å². The monoisotopic (exact) mass is 577 g/mol. The number of aliphatic imine (C=N–C) groups is 1. The highest BCUT2D eigenvalue weighted by atomic mass is 32.2. The number of nitrogens with zero attached hydrogens (tertiary/aromatic N) is 2. The van der Waals surface area contributed by atoms with Gasteiger partial charge in [-0.05, 0) is 111 Å². The number of rotatable bonds is 5. The van der Waals surface area contributed by atoms with Gasteiger partial charge in [0.25, 0.3) is 0 Å². The third-order valence-corrected chi connectivity index (χ3v) is 15.1. The normalized spacial score (nSPS) is 47.5. The Labute approximate surface area is 252 Å². The van der Waals surface area contributed by atoms with E-state index >= 15 is 0 Å². The van der Waals surface area contributed by atoms with Crippen LogP contribution in [-0.2, 0) is 4.79 Å². The summed E-state index contributed by atoms with van der Waals surface area (Å²) in [6.45, 7) is 19.1. The number of fused-ring (bicyclic) bond motifs is 8. The van der Waals surface area contributed by atoms with E-state index in [2.05, 4.69) is 59.5 Å². The molecule has 0 bridgehead atoms. The van der Waals surface area contributed by atoms with Gasteiger partial charge in [0.1, 0.15) is 0 Å². The van der Waals surface area contributed by atoms with Gasteiger partial charge in [0, 0.05) is 17.6 Å². The molecular formula is C35H51N3O2S. The fraction of sp³-hybridized carbons (Fsp3) is 0.800. The third kappa shape index (κ3) is 3.85. The summed E-state index contributed by atoms with van der Waals surface area (Å²) in [7, 11) is 0. The molecule has 5 aliphatic carbocycles. The number of thioether (sulfide) groups is 1. The standard InChI is InChI=1S/C35H51N3O2S/c1-9-10-19-41-30-36-28-24(37-38-30)20-32(6)25(31(28,4)5)14-15-34(8)26(32)12-11-23-27-22(21(2)3)13-16-35(27,29(39)40)18-17-33(23,34)7/h1,22-23,25-27,30,38H,2,10-20H2,3-8H3,(H,39,40)/t22-,23?,25?,26?,27?,30?,32-,33+,34+,35-/m0/s1. The van der Waals surface area contributed by atoms with Crippen LogP contribution in [0.2, 0.25) is 0 Å². The van der Waals surface area contributed by atoms with Gasteiger partial charge in [-0.2, -0.15) is 5.10 Å². The highest BCUT2D eigenvalue weighted by Crippen LogP contribution is 2.77. The van der Waals surface area contributed by atoms with E-state index in [1.807, 2.05) is 0 Å². The van der Waals surface area contributed by atoms with Crippen molar-refractivity contribution in [2.45, 2.75) is 111 Å². The van der Waals surface area contributed by atoms with Gasteiger partial charge >= 0.3 is 5.97 Å². The molecule has 1 aliphatic heterocycles. The molecule has 0 aromatic rings. The van der Waals surface area contributed by atoms with Gasteiger partial charge in [-0.1, -0.05) is 46.8 Å². The molecule has 5 saturated carbocycles. The van der Waals surface area contributed by atoms with Crippen molar-refractivity contribution in [3.8, 4) is 12.3 Å². The number of terminal acetylenes is 1. The first-order valence-electron chi connectivity index (χ1n) is 16.1. The molecule has 0 aromatic carbocycles. The van der Waals surface area contributed by atoms with Crippen molar-refractivity contribution in [3.63, 3.8) is 0 Å². The molecule has 0 amide bonds. The van der Waals surface area contributed by atoms with Crippen LogP contribution < -0.4 is 5.43 Å². The first kappa shape index (κ1) is 29.3. The van der Waals surface area contributed by atoms with Crippen LogP contribution in [0.1, 0.15) is 106 Å². The number of carboxylic acids is 1. The molecule has 41 heavy (non-hydrogen) atoms. The molecule has 5 nitrogen and oxygen atoms in total. The Kier molecular flexibility index (Phi) is 6.89. The van der Waals surface area contributed by atoms with Crippen molar-refractivity contribution in [3.05, 3.63) is 12.2 Å². The summed E-state index contributed by atoms with van der Waals surface area (Å²) in [5.74, 6) is 5.21. The van der Waals surface area contributed by atoms with Gasteiger partial charge in [0.15, 0.2) is 5.50 Å². The lowest BCUT2D eigenvalue weighted by molar-refractivity contribution is -0.226. The fourth-order valence-corrected chi connectivity index (χ4v) is 13.0. The van der Waals surface area contributed by atoms with Gasteiger partial charge in [-0.3, -0.25) is 15.2 Å². The number of hydrogen-bond acceptors (Lipinski definition) is 5. The first-order valence-corrected chi connectivity index (χ1v) is 17.2. The lowest BCUT2D eigenvalue weighted by atomic mass is 9.32. The Morgan fingerprint density at radius 1 is 1.07 bits per heavy atom. The molecule has 1 heterocycles. The van der Waals surface area contributed by atoms with Crippen molar-refractivity contribution in [2.75, 3.05) is 5.75 Å². The number of nitrogens with one attached hydrogen (secondary N) is 1. The van der Waals surface area contributed by atoms with E-state index in [1.54, 1.807) is 11.8 Å². The molecule has 5 fully saturated rings. The van der Waals surface area contributed by atoms with E-state index in [-0.39, 0.29) is 33.1 Å². The summed E-state index contributed by atoms with van der Waals surface area (Å²) >= 11 is 1.75. The molecule has 6 aliphatic rings. The van der Waals surface area contributed by atoms with Crippen molar-refractivity contribution in [1.29, 1.82) is 0 Å². The molecule has 10 atom stereocenters. The van der Waals surface area contributed by atoms with Crippen LogP contribution in [0.5, 0.6) is 0 Å². The first-order chi connectivity index (χ1) is 19.3. The minimum atomic E-state index is -0.562. The Bertz CT molecular complexity index is 1250. The van der Waals surface area contributed by atoms with Crippen LogP contribution in [0.3, 0.4) is 0 Å². The van der Waals surface area contributed by atoms with Crippen LogP contribution in [0, 0.1) is 69.0 Å². The second-order valence-corrected chi connectivity index (χ2v) is 17.1. The van der Waals surface area contributed by atoms with Crippen LogP contribution in [-0.4, -0.2) is 33.7 Å². The van der Waals surface area contributed by atoms with Crippen LogP contribution in [0.25, 0.3) is 0 Å². The average molecular weight is 578 g/mol. The molecule has 0 aromatic heterocycles. The van der Waals surface area contributed by atoms with E-state index in [0.29, 0.717) is 23.7 Å². The lowest BCUT2D eigenvalue weighted by Gasteiger charge is -2.72. The van der Waals surface area contributed by atoms with E-state index in [0.717, 1.165) is 56.4 Å². The summed E-state index contributed by atoms with van der Waals surface area (Å²) in [6, 6.07) is 0. The smallest absolute Gasteiger partial charge is 0.309 e. The van der Waals surface area contributed by atoms with Crippen LogP contribution >= 0.6 is 11.8 Å². The quantitative estimate of drug-likeness (QED) is 0.199. The molecule has 224 valence electrons. The summed E-state index contributed by atoms with van der Waals surface area (Å²) in [5.41, 5.74) is 6.70. The average Bonchev–Trinajstić information content (AvgIpc) is 3.31. The van der Waals surface area contributed by atoms with Crippen LogP contribution in [0.4, 0.5) is 0 Å². The highest BCUT2D eigenvalue weighted by Gasteiger charge is 2.72. The van der Waals surface area contributed by atoms with Crippen LogP contribution in [0.15, 0.2) is 22.2 Å². The Balaban J connectivity index is 1.35. The molecular weight excluding hydrogens is 526 g/mol. The Morgan fingerprint density at radius 3 is 2.51 bits per heavy atom.